The molecule has 0 unspecified atom stereocenters. The second-order valence-corrected chi connectivity index (χ2v) is 5.91. The molecule has 122 valence electrons. The molecule has 2 N–H and O–H groups in total. The molecule has 2 aromatic carbocycles. The van der Waals surface area contributed by atoms with Gasteiger partial charge in [-0.25, -0.2) is 9.18 Å². The SMILES string of the molecule is Cc1ccc(F)cc1NC(=S)Nc1ccc2c(C)cc(=O)oc2c1. The molecule has 0 bridgehead atoms. The Balaban J connectivity index is 1.83. The molecule has 4 nitrogen and oxygen atoms in total. The molecule has 0 saturated carbocycles. The lowest BCUT2D eigenvalue weighted by atomic mass is 10.1. The Labute approximate surface area is 143 Å². The highest BCUT2D eigenvalue weighted by Gasteiger charge is 2.06. The summed E-state index contributed by atoms with van der Waals surface area (Å²) in [7, 11) is 0. The van der Waals surface area contributed by atoms with Gasteiger partial charge in [-0.1, -0.05) is 6.07 Å². The number of rotatable bonds is 2. The molecule has 3 rings (SSSR count). The Kier molecular flexibility index (Phi) is 4.31. The highest BCUT2D eigenvalue weighted by molar-refractivity contribution is 7.80. The monoisotopic (exact) mass is 342 g/mol. The van der Waals surface area contributed by atoms with Crippen molar-refractivity contribution >= 4 is 39.7 Å². The van der Waals surface area contributed by atoms with E-state index in [2.05, 4.69) is 10.6 Å². The van der Waals surface area contributed by atoms with Gasteiger partial charge >= 0.3 is 5.63 Å². The van der Waals surface area contributed by atoms with E-state index < -0.39 is 5.63 Å². The maximum atomic E-state index is 13.3. The zero-order chi connectivity index (χ0) is 17.3. The van der Waals surface area contributed by atoms with Crippen molar-refractivity contribution in [2.24, 2.45) is 0 Å². The smallest absolute Gasteiger partial charge is 0.336 e. The molecular formula is C18H15FN2O2S. The average Bonchev–Trinajstić information content (AvgIpc) is 2.50. The molecule has 0 fully saturated rings. The molecule has 0 aliphatic rings. The first-order valence-electron chi connectivity index (χ1n) is 7.31. The van der Waals surface area contributed by atoms with Crippen molar-refractivity contribution in [2.45, 2.75) is 13.8 Å². The van der Waals surface area contributed by atoms with Gasteiger partial charge in [-0.05, 0) is 61.5 Å². The fourth-order valence-electron chi connectivity index (χ4n) is 2.42. The van der Waals surface area contributed by atoms with Crippen LogP contribution in [-0.4, -0.2) is 5.11 Å². The molecule has 0 radical (unpaired) electrons. The van der Waals surface area contributed by atoms with Gasteiger partial charge in [-0.3, -0.25) is 0 Å². The van der Waals surface area contributed by atoms with E-state index in [0.717, 1.165) is 16.5 Å². The molecule has 0 atom stereocenters. The fourth-order valence-corrected chi connectivity index (χ4v) is 2.64. The van der Waals surface area contributed by atoms with E-state index in [4.69, 9.17) is 16.6 Å². The van der Waals surface area contributed by atoms with Gasteiger partial charge in [0.1, 0.15) is 11.4 Å². The zero-order valence-corrected chi connectivity index (χ0v) is 14.0. The summed E-state index contributed by atoms with van der Waals surface area (Å²) in [5.74, 6) is -0.339. The summed E-state index contributed by atoms with van der Waals surface area (Å²) in [6, 6.07) is 11.3. The summed E-state index contributed by atoms with van der Waals surface area (Å²) >= 11 is 5.26. The Morgan fingerprint density at radius 1 is 1.04 bits per heavy atom. The lowest BCUT2D eigenvalue weighted by Crippen LogP contribution is -2.19. The molecule has 3 aromatic rings. The largest absolute Gasteiger partial charge is 0.423 e. The van der Waals surface area contributed by atoms with Gasteiger partial charge in [-0.15, -0.1) is 0 Å². The van der Waals surface area contributed by atoms with Crippen LogP contribution < -0.4 is 16.3 Å². The Hall–Kier alpha value is -2.73. The topological polar surface area (TPSA) is 54.3 Å². The van der Waals surface area contributed by atoms with E-state index in [1.807, 2.05) is 26.0 Å². The van der Waals surface area contributed by atoms with Crippen molar-refractivity contribution < 1.29 is 8.81 Å². The maximum Gasteiger partial charge on any atom is 0.336 e. The van der Waals surface area contributed by atoms with Crippen LogP contribution in [0.25, 0.3) is 11.0 Å². The summed E-state index contributed by atoms with van der Waals surface area (Å²) in [4.78, 5) is 11.5. The molecular weight excluding hydrogens is 327 g/mol. The molecule has 1 heterocycles. The first-order chi connectivity index (χ1) is 11.4. The number of hydrogen-bond donors (Lipinski definition) is 2. The second kappa shape index (κ2) is 6.41. The van der Waals surface area contributed by atoms with Gasteiger partial charge in [0.15, 0.2) is 5.11 Å². The number of halogens is 1. The van der Waals surface area contributed by atoms with Gasteiger partial charge in [0.25, 0.3) is 0 Å². The molecule has 1 aromatic heterocycles. The van der Waals surface area contributed by atoms with Gasteiger partial charge < -0.3 is 15.1 Å². The van der Waals surface area contributed by atoms with Crippen molar-refractivity contribution in [3.05, 3.63) is 69.8 Å². The van der Waals surface area contributed by atoms with Gasteiger partial charge in [-0.2, -0.15) is 0 Å². The van der Waals surface area contributed by atoms with E-state index in [-0.39, 0.29) is 5.82 Å². The Bertz CT molecular complexity index is 998. The number of thiocarbonyl (C=S) groups is 1. The van der Waals surface area contributed by atoms with Crippen molar-refractivity contribution in [1.29, 1.82) is 0 Å². The predicted molar refractivity (Wildman–Crippen MR) is 98.2 cm³/mol. The summed E-state index contributed by atoms with van der Waals surface area (Å²) in [5.41, 5.74) is 3.08. The van der Waals surface area contributed by atoms with E-state index >= 15 is 0 Å². The normalized spacial score (nSPS) is 10.6. The summed E-state index contributed by atoms with van der Waals surface area (Å²) in [6.45, 7) is 3.71. The number of fused-ring (bicyclic) bond motifs is 1. The summed E-state index contributed by atoms with van der Waals surface area (Å²) < 4.78 is 18.5. The molecule has 0 aliphatic carbocycles. The van der Waals surface area contributed by atoms with Crippen molar-refractivity contribution in [2.75, 3.05) is 10.6 Å². The third kappa shape index (κ3) is 3.44. The standard InChI is InChI=1S/C18H15FN2O2S/c1-10-3-4-12(19)8-15(10)21-18(24)20-13-5-6-14-11(2)7-17(22)23-16(14)9-13/h3-9H,1-2H3,(H2,20,21,24). The van der Waals surface area contributed by atoms with E-state index in [1.54, 1.807) is 12.1 Å². The minimum absolute atomic E-state index is 0.318. The molecule has 0 amide bonds. The number of hydrogen-bond acceptors (Lipinski definition) is 3. The summed E-state index contributed by atoms with van der Waals surface area (Å²) in [6.07, 6.45) is 0. The van der Waals surface area contributed by atoms with Crippen molar-refractivity contribution in [3.63, 3.8) is 0 Å². The molecule has 6 heteroatoms. The highest BCUT2D eigenvalue weighted by atomic mass is 32.1. The third-order valence-corrected chi connectivity index (χ3v) is 3.86. The molecule has 0 spiro atoms. The Morgan fingerprint density at radius 2 is 1.83 bits per heavy atom. The summed E-state index contributed by atoms with van der Waals surface area (Å²) in [5, 5.41) is 7.14. The fraction of sp³-hybridized carbons (Fsp3) is 0.111. The number of anilines is 2. The van der Waals surface area contributed by atoms with Gasteiger partial charge in [0, 0.05) is 28.9 Å². The van der Waals surface area contributed by atoms with Crippen LogP contribution in [0, 0.1) is 19.7 Å². The maximum absolute atomic E-state index is 13.3. The minimum Gasteiger partial charge on any atom is -0.423 e. The van der Waals surface area contributed by atoms with Crippen LogP contribution in [0.2, 0.25) is 0 Å². The second-order valence-electron chi connectivity index (χ2n) is 5.50. The lowest BCUT2D eigenvalue weighted by molar-refractivity contribution is 0.560. The van der Waals surface area contributed by atoms with Crippen LogP contribution in [0.15, 0.2) is 51.7 Å². The number of nitrogens with one attached hydrogen (secondary N) is 2. The average molecular weight is 342 g/mol. The third-order valence-electron chi connectivity index (χ3n) is 3.66. The van der Waals surface area contributed by atoms with Gasteiger partial charge in [0.05, 0.1) is 0 Å². The van der Waals surface area contributed by atoms with Crippen LogP contribution >= 0.6 is 12.2 Å². The quantitative estimate of drug-likeness (QED) is 0.535. The molecule has 24 heavy (non-hydrogen) atoms. The molecule has 0 aliphatic heterocycles. The highest BCUT2D eigenvalue weighted by Crippen LogP contribution is 2.21. The van der Waals surface area contributed by atoms with Crippen molar-refractivity contribution in [1.82, 2.24) is 0 Å². The van der Waals surface area contributed by atoms with Crippen LogP contribution in [0.5, 0.6) is 0 Å². The van der Waals surface area contributed by atoms with Crippen LogP contribution in [0.4, 0.5) is 15.8 Å². The number of benzene rings is 2. The van der Waals surface area contributed by atoms with Gasteiger partial charge in [0.2, 0.25) is 0 Å². The predicted octanol–water partition coefficient (Wildman–Crippen LogP) is 4.36. The van der Waals surface area contributed by atoms with Crippen molar-refractivity contribution in [3.8, 4) is 0 Å². The first-order valence-corrected chi connectivity index (χ1v) is 7.72. The lowest BCUT2D eigenvalue weighted by Gasteiger charge is -2.13. The van der Waals surface area contributed by atoms with E-state index in [1.165, 1.54) is 18.2 Å². The number of aryl methyl sites for hydroxylation is 2. The zero-order valence-electron chi connectivity index (χ0n) is 13.1. The Morgan fingerprint density at radius 3 is 2.62 bits per heavy atom. The molecule has 0 saturated heterocycles. The van der Waals surface area contributed by atoms with E-state index in [9.17, 15) is 9.18 Å². The van der Waals surface area contributed by atoms with Crippen LogP contribution in [0.3, 0.4) is 0 Å². The first kappa shape index (κ1) is 16.1. The minimum atomic E-state index is -0.395. The van der Waals surface area contributed by atoms with Crippen LogP contribution in [0.1, 0.15) is 11.1 Å². The van der Waals surface area contributed by atoms with E-state index in [0.29, 0.717) is 22.1 Å². The van der Waals surface area contributed by atoms with Crippen LogP contribution in [-0.2, 0) is 0 Å².